The van der Waals surface area contributed by atoms with Gasteiger partial charge in [-0.05, 0) is 58.0 Å². The zero-order chi connectivity index (χ0) is 13.2. The second-order valence-corrected chi connectivity index (χ2v) is 7.37. The molecule has 2 heterocycles. The molecular weight excluding hydrogens is 387 g/mol. The third-order valence-corrected chi connectivity index (χ3v) is 5.06. The Morgan fingerprint density at radius 3 is 2.89 bits per heavy atom. The van der Waals surface area contributed by atoms with Crippen molar-refractivity contribution in [2.75, 3.05) is 5.75 Å². The van der Waals surface area contributed by atoms with E-state index in [4.69, 9.17) is 4.98 Å². The van der Waals surface area contributed by atoms with Crippen LogP contribution in [-0.2, 0) is 0 Å². The Hall–Kier alpha value is -0.660. The highest BCUT2D eigenvalue weighted by molar-refractivity contribution is 14.1. The first-order valence-electron chi connectivity index (χ1n) is 5.92. The van der Waals surface area contributed by atoms with Crippen molar-refractivity contribution < 1.29 is 0 Å². The first-order valence-corrected chi connectivity index (χ1v) is 8.86. The molecule has 0 amide bonds. The third kappa shape index (κ3) is 2.78. The van der Waals surface area contributed by atoms with Gasteiger partial charge in [0, 0.05) is 8.96 Å². The standard InChI is InChI=1S/C14H11IN2S2/c1-2-18-14-10-8-9(15)5-6-11(10)16-13(17-14)12-4-3-7-19-12/h3-8H,2H2,1H3. The topological polar surface area (TPSA) is 25.8 Å². The average molecular weight is 398 g/mol. The summed E-state index contributed by atoms with van der Waals surface area (Å²) in [5, 5.41) is 4.29. The fourth-order valence-corrected chi connectivity index (χ4v) is 3.73. The fourth-order valence-electron chi connectivity index (χ4n) is 1.84. The molecule has 3 aromatic rings. The number of fused-ring (bicyclic) bond motifs is 1. The van der Waals surface area contributed by atoms with Gasteiger partial charge in [-0.3, -0.25) is 0 Å². The number of aromatic nitrogens is 2. The summed E-state index contributed by atoms with van der Waals surface area (Å²) in [7, 11) is 0. The van der Waals surface area contributed by atoms with E-state index in [0.717, 1.165) is 32.4 Å². The Balaban J connectivity index is 2.24. The normalized spacial score (nSPS) is 11.1. The van der Waals surface area contributed by atoms with E-state index >= 15 is 0 Å². The van der Waals surface area contributed by atoms with Gasteiger partial charge in [-0.15, -0.1) is 23.1 Å². The maximum atomic E-state index is 4.73. The third-order valence-electron chi connectivity index (χ3n) is 2.65. The van der Waals surface area contributed by atoms with Gasteiger partial charge < -0.3 is 0 Å². The summed E-state index contributed by atoms with van der Waals surface area (Å²) in [5.41, 5.74) is 1.02. The van der Waals surface area contributed by atoms with Crippen LogP contribution in [0, 0.1) is 3.57 Å². The summed E-state index contributed by atoms with van der Waals surface area (Å²) in [4.78, 5) is 10.5. The number of halogens is 1. The number of thioether (sulfide) groups is 1. The maximum Gasteiger partial charge on any atom is 0.171 e. The molecule has 3 rings (SSSR count). The molecule has 19 heavy (non-hydrogen) atoms. The molecule has 96 valence electrons. The van der Waals surface area contributed by atoms with Crippen molar-refractivity contribution in [3.63, 3.8) is 0 Å². The number of hydrogen-bond acceptors (Lipinski definition) is 4. The summed E-state index contributed by atoms with van der Waals surface area (Å²) in [5.74, 6) is 1.85. The highest BCUT2D eigenvalue weighted by Gasteiger charge is 2.10. The number of benzene rings is 1. The molecular formula is C14H11IN2S2. The van der Waals surface area contributed by atoms with Gasteiger partial charge in [0.15, 0.2) is 5.82 Å². The molecule has 2 nitrogen and oxygen atoms in total. The molecule has 0 saturated heterocycles. The molecule has 0 aliphatic carbocycles. The van der Waals surface area contributed by atoms with Gasteiger partial charge in [-0.2, -0.15) is 0 Å². The Labute approximate surface area is 133 Å². The van der Waals surface area contributed by atoms with E-state index in [1.807, 2.05) is 6.07 Å². The highest BCUT2D eigenvalue weighted by Crippen LogP contribution is 2.30. The Morgan fingerprint density at radius 2 is 2.16 bits per heavy atom. The zero-order valence-electron chi connectivity index (χ0n) is 10.3. The summed E-state index contributed by atoms with van der Waals surface area (Å²) >= 11 is 5.78. The predicted molar refractivity (Wildman–Crippen MR) is 92.0 cm³/mol. The average Bonchev–Trinajstić information content (AvgIpc) is 2.93. The van der Waals surface area contributed by atoms with Crippen LogP contribution in [0.1, 0.15) is 6.92 Å². The minimum Gasteiger partial charge on any atom is -0.227 e. The lowest BCUT2D eigenvalue weighted by atomic mass is 10.2. The lowest BCUT2D eigenvalue weighted by Gasteiger charge is -2.07. The quantitative estimate of drug-likeness (QED) is 0.350. The summed E-state index contributed by atoms with van der Waals surface area (Å²) in [6.45, 7) is 2.15. The van der Waals surface area contributed by atoms with Crippen LogP contribution >= 0.6 is 45.7 Å². The van der Waals surface area contributed by atoms with Crippen molar-refractivity contribution in [1.82, 2.24) is 9.97 Å². The molecule has 0 bridgehead atoms. The van der Waals surface area contributed by atoms with Gasteiger partial charge >= 0.3 is 0 Å². The predicted octanol–water partition coefficient (Wildman–Crippen LogP) is 5.07. The molecule has 0 fully saturated rings. The van der Waals surface area contributed by atoms with Crippen LogP contribution < -0.4 is 0 Å². The van der Waals surface area contributed by atoms with Gasteiger partial charge in [-0.25, -0.2) is 9.97 Å². The summed E-state index contributed by atoms with van der Waals surface area (Å²) < 4.78 is 1.22. The van der Waals surface area contributed by atoms with Gasteiger partial charge in [0.2, 0.25) is 0 Å². The Bertz CT molecular complexity index is 711. The van der Waals surface area contributed by atoms with Crippen LogP contribution in [-0.4, -0.2) is 15.7 Å². The fraction of sp³-hybridized carbons (Fsp3) is 0.143. The zero-order valence-corrected chi connectivity index (χ0v) is 14.1. The smallest absolute Gasteiger partial charge is 0.171 e. The lowest BCUT2D eigenvalue weighted by Crippen LogP contribution is -1.93. The van der Waals surface area contributed by atoms with Crippen molar-refractivity contribution in [2.24, 2.45) is 0 Å². The molecule has 0 spiro atoms. The molecule has 0 aliphatic rings. The molecule has 0 radical (unpaired) electrons. The van der Waals surface area contributed by atoms with E-state index < -0.39 is 0 Å². The molecule has 0 saturated carbocycles. The van der Waals surface area contributed by atoms with Gasteiger partial charge in [-0.1, -0.05) is 13.0 Å². The van der Waals surface area contributed by atoms with Crippen molar-refractivity contribution in [3.8, 4) is 10.7 Å². The monoisotopic (exact) mass is 398 g/mol. The molecule has 5 heteroatoms. The van der Waals surface area contributed by atoms with Crippen molar-refractivity contribution in [3.05, 3.63) is 39.3 Å². The largest absolute Gasteiger partial charge is 0.227 e. The van der Waals surface area contributed by atoms with Gasteiger partial charge in [0.1, 0.15) is 5.03 Å². The van der Waals surface area contributed by atoms with Gasteiger partial charge in [0.05, 0.1) is 10.4 Å². The maximum absolute atomic E-state index is 4.73. The Morgan fingerprint density at radius 1 is 1.26 bits per heavy atom. The van der Waals surface area contributed by atoms with E-state index in [2.05, 4.69) is 64.1 Å². The summed E-state index contributed by atoms with van der Waals surface area (Å²) in [6, 6.07) is 10.4. The van der Waals surface area contributed by atoms with Crippen LogP contribution in [0.15, 0.2) is 40.7 Å². The van der Waals surface area contributed by atoms with Gasteiger partial charge in [0.25, 0.3) is 0 Å². The highest BCUT2D eigenvalue weighted by atomic mass is 127. The van der Waals surface area contributed by atoms with E-state index in [-0.39, 0.29) is 0 Å². The lowest BCUT2D eigenvalue weighted by molar-refractivity contribution is 1.12. The second kappa shape index (κ2) is 5.76. The van der Waals surface area contributed by atoms with E-state index in [1.165, 1.54) is 3.57 Å². The summed E-state index contributed by atoms with van der Waals surface area (Å²) in [6.07, 6.45) is 0. The number of nitrogens with zero attached hydrogens (tertiary/aromatic N) is 2. The molecule has 0 aliphatic heterocycles. The second-order valence-electron chi connectivity index (χ2n) is 3.92. The van der Waals surface area contributed by atoms with Crippen LogP contribution in [0.5, 0.6) is 0 Å². The van der Waals surface area contributed by atoms with E-state index in [0.29, 0.717) is 0 Å². The van der Waals surface area contributed by atoms with E-state index in [1.54, 1.807) is 23.1 Å². The molecule has 2 aromatic heterocycles. The molecule has 0 unspecified atom stereocenters. The van der Waals surface area contributed by atoms with Crippen LogP contribution in [0.3, 0.4) is 0 Å². The SMILES string of the molecule is CCSc1nc(-c2cccs2)nc2ccc(I)cc12. The van der Waals surface area contributed by atoms with Crippen molar-refractivity contribution in [1.29, 1.82) is 0 Å². The first kappa shape index (κ1) is 13.3. The van der Waals surface area contributed by atoms with Crippen LogP contribution in [0.4, 0.5) is 0 Å². The van der Waals surface area contributed by atoms with Crippen LogP contribution in [0.2, 0.25) is 0 Å². The number of thiophene rings is 1. The first-order chi connectivity index (χ1) is 9.28. The number of rotatable bonds is 3. The van der Waals surface area contributed by atoms with E-state index in [9.17, 15) is 0 Å². The minimum absolute atomic E-state index is 0.833. The minimum atomic E-state index is 0.833. The molecule has 0 N–H and O–H groups in total. The molecule has 1 aromatic carbocycles. The number of hydrogen-bond donors (Lipinski definition) is 0. The molecule has 0 atom stereocenters. The Kier molecular flexibility index (Phi) is 4.04. The van der Waals surface area contributed by atoms with Crippen molar-refractivity contribution >= 4 is 56.6 Å². The van der Waals surface area contributed by atoms with Crippen LogP contribution in [0.25, 0.3) is 21.6 Å². The van der Waals surface area contributed by atoms with Crippen molar-refractivity contribution in [2.45, 2.75) is 11.9 Å².